The molecule has 1 fully saturated rings. The SMILES string of the molecule is CN=C(NCCCOC1CCN(Cc2ccccc2)CC1)NCCNC(=O)C(C)(C)C. The number of carbonyl (C=O) groups is 1. The number of aliphatic imine (C=N–C) groups is 1. The van der Waals surface area contributed by atoms with E-state index in [0.717, 1.165) is 58.0 Å². The Labute approximate surface area is 188 Å². The minimum Gasteiger partial charge on any atom is -0.378 e. The number of benzene rings is 1. The highest BCUT2D eigenvalue weighted by atomic mass is 16.5. The number of hydrogen-bond donors (Lipinski definition) is 3. The molecule has 7 nitrogen and oxygen atoms in total. The molecular formula is C24H41N5O2. The van der Waals surface area contributed by atoms with Crippen LogP contribution in [0.25, 0.3) is 0 Å². The summed E-state index contributed by atoms with van der Waals surface area (Å²) in [7, 11) is 1.75. The van der Waals surface area contributed by atoms with Gasteiger partial charge in [0, 0.05) is 58.3 Å². The fourth-order valence-electron chi connectivity index (χ4n) is 3.45. The number of ether oxygens (including phenoxy) is 1. The molecule has 0 spiro atoms. The predicted octanol–water partition coefficient (Wildman–Crippen LogP) is 2.38. The lowest BCUT2D eigenvalue weighted by Gasteiger charge is -2.32. The van der Waals surface area contributed by atoms with Gasteiger partial charge in [0.1, 0.15) is 0 Å². The molecule has 1 aromatic rings. The van der Waals surface area contributed by atoms with E-state index in [2.05, 4.69) is 56.2 Å². The monoisotopic (exact) mass is 431 g/mol. The van der Waals surface area contributed by atoms with Crippen molar-refractivity contribution in [1.29, 1.82) is 0 Å². The number of likely N-dealkylation sites (tertiary alicyclic amines) is 1. The van der Waals surface area contributed by atoms with E-state index in [1.807, 2.05) is 20.8 Å². The quantitative estimate of drug-likeness (QED) is 0.301. The molecule has 0 unspecified atom stereocenters. The Morgan fingerprint density at radius 2 is 1.71 bits per heavy atom. The Morgan fingerprint density at radius 1 is 1.06 bits per heavy atom. The average Bonchev–Trinajstić information content (AvgIpc) is 2.76. The second-order valence-electron chi connectivity index (χ2n) is 9.12. The van der Waals surface area contributed by atoms with Crippen molar-refractivity contribution >= 4 is 11.9 Å². The molecule has 7 heteroatoms. The van der Waals surface area contributed by atoms with Crippen molar-refractivity contribution < 1.29 is 9.53 Å². The van der Waals surface area contributed by atoms with Crippen molar-refractivity contribution in [1.82, 2.24) is 20.9 Å². The van der Waals surface area contributed by atoms with Gasteiger partial charge in [-0.25, -0.2) is 0 Å². The highest BCUT2D eigenvalue weighted by Crippen LogP contribution is 2.16. The number of nitrogens with one attached hydrogen (secondary N) is 3. The van der Waals surface area contributed by atoms with E-state index in [9.17, 15) is 4.79 Å². The summed E-state index contributed by atoms with van der Waals surface area (Å²) in [6, 6.07) is 10.7. The molecule has 0 bridgehead atoms. The molecule has 1 aliphatic heterocycles. The lowest BCUT2D eigenvalue weighted by molar-refractivity contribution is -0.128. The van der Waals surface area contributed by atoms with Crippen molar-refractivity contribution in [2.45, 2.75) is 52.7 Å². The maximum atomic E-state index is 11.9. The Hall–Kier alpha value is -2.12. The standard InChI is InChI=1S/C24H41N5O2/c1-24(2,3)22(30)26-14-15-28-23(25-4)27-13-8-18-31-21-11-16-29(17-12-21)19-20-9-6-5-7-10-20/h5-7,9-10,21H,8,11-19H2,1-4H3,(H,26,30)(H2,25,27,28). The molecule has 1 aliphatic rings. The summed E-state index contributed by atoms with van der Waals surface area (Å²) in [5.74, 6) is 0.805. The molecule has 1 heterocycles. The van der Waals surface area contributed by atoms with Gasteiger partial charge in [0.2, 0.25) is 5.91 Å². The van der Waals surface area contributed by atoms with Gasteiger partial charge in [-0.05, 0) is 24.8 Å². The van der Waals surface area contributed by atoms with Crippen LogP contribution in [0, 0.1) is 5.41 Å². The molecule has 1 aromatic carbocycles. The Kier molecular flexibility index (Phi) is 10.8. The number of guanidine groups is 1. The molecule has 0 aromatic heterocycles. The smallest absolute Gasteiger partial charge is 0.225 e. The molecule has 0 aliphatic carbocycles. The van der Waals surface area contributed by atoms with E-state index in [1.165, 1.54) is 5.56 Å². The Morgan fingerprint density at radius 3 is 2.35 bits per heavy atom. The summed E-state index contributed by atoms with van der Waals surface area (Å²) in [5.41, 5.74) is 1.02. The van der Waals surface area contributed by atoms with Gasteiger partial charge < -0.3 is 20.7 Å². The van der Waals surface area contributed by atoms with Gasteiger partial charge in [0.05, 0.1) is 6.10 Å². The highest BCUT2D eigenvalue weighted by Gasteiger charge is 2.20. The summed E-state index contributed by atoms with van der Waals surface area (Å²) >= 11 is 0. The first kappa shape index (κ1) is 25.1. The third-order valence-corrected chi connectivity index (χ3v) is 5.36. The van der Waals surface area contributed by atoms with E-state index in [1.54, 1.807) is 7.05 Å². The number of piperidine rings is 1. The molecule has 0 radical (unpaired) electrons. The second-order valence-corrected chi connectivity index (χ2v) is 9.12. The third-order valence-electron chi connectivity index (χ3n) is 5.36. The van der Waals surface area contributed by atoms with Gasteiger partial charge in [0.15, 0.2) is 5.96 Å². The Balaban J connectivity index is 1.49. The summed E-state index contributed by atoms with van der Waals surface area (Å²) in [6.07, 6.45) is 3.51. The summed E-state index contributed by atoms with van der Waals surface area (Å²) in [5, 5.41) is 9.44. The van der Waals surface area contributed by atoms with Crippen LogP contribution in [-0.4, -0.2) is 69.2 Å². The van der Waals surface area contributed by atoms with Crippen LogP contribution in [0.15, 0.2) is 35.3 Å². The minimum absolute atomic E-state index is 0.0558. The van der Waals surface area contributed by atoms with Crippen LogP contribution in [0.2, 0.25) is 0 Å². The lowest BCUT2D eigenvalue weighted by atomic mass is 9.96. The first-order valence-corrected chi connectivity index (χ1v) is 11.5. The van der Waals surface area contributed by atoms with Crippen molar-refractivity contribution in [2.75, 3.05) is 46.4 Å². The largest absolute Gasteiger partial charge is 0.378 e. The van der Waals surface area contributed by atoms with Gasteiger partial charge in [-0.3, -0.25) is 14.7 Å². The first-order chi connectivity index (χ1) is 14.9. The van der Waals surface area contributed by atoms with Gasteiger partial charge in [-0.2, -0.15) is 0 Å². The molecule has 1 saturated heterocycles. The maximum Gasteiger partial charge on any atom is 0.225 e. The minimum atomic E-state index is -0.363. The van der Waals surface area contributed by atoms with Crippen molar-refractivity contribution in [2.24, 2.45) is 10.4 Å². The van der Waals surface area contributed by atoms with Crippen LogP contribution in [0.3, 0.4) is 0 Å². The highest BCUT2D eigenvalue weighted by molar-refractivity contribution is 5.81. The molecule has 2 rings (SSSR count). The molecule has 31 heavy (non-hydrogen) atoms. The zero-order valence-corrected chi connectivity index (χ0v) is 19.7. The number of rotatable bonds is 10. The molecule has 0 saturated carbocycles. The van der Waals surface area contributed by atoms with E-state index in [0.29, 0.717) is 19.2 Å². The van der Waals surface area contributed by atoms with Crippen LogP contribution in [0.1, 0.15) is 45.6 Å². The fraction of sp³-hybridized carbons (Fsp3) is 0.667. The summed E-state index contributed by atoms with van der Waals surface area (Å²) < 4.78 is 6.08. The zero-order valence-electron chi connectivity index (χ0n) is 19.7. The van der Waals surface area contributed by atoms with Crippen molar-refractivity contribution in [3.05, 3.63) is 35.9 Å². The predicted molar refractivity (Wildman–Crippen MR) is 127 cm³/mol. The summed E-state index contributed by atoms with van der Waals surface area (Å²) in [6.45, 7) is 11.7. The topological polar surface area (TPSA) is 78.0 Å². The van der Waals surface area contributed by atoms with E-state index in [4.69, 9.17) is 4.74 Å². The van der Waals surface area contributed by atoms with Crippen molar-refractivity contribution in [3.8, 4) is 0 Å². The molecule has 174 valence electrons. The number of nitrogens with zero attached hydrogens (tertiary/aromatic N) is 2. The molecule has 0 atom stereocenters. The van der Waals surface area contributed by atoms with Crippen LogP contribution in [0.4, 0.5) is 0 Å². The second kappa shape index (κ2) is 13.3. The molecular weight excluding hydrogens is 390 g/mol. The average molecular weight is 432 g/mol. The molecule has 3 N–H and O–H groups in total. The number of amides is 1. The third kappa shape index (κ3) is 10.2. The van der Waals surface area contributed by atoms with E-state index >= 15 is 0 Å². The van der Waals surface area contributed by atoms with Crippen LogP contribution in [0.5, 0.6) is 0 Å². The normalized spacial score (nSPS) is 16.2. The fourth-order valence-corrected chi connectivity index (χ4v) is 3.45. The Bertz CT molecular complexity index is 664. The molecule has 1 amide bonds. The number of hydrogen-bond acceptors (Lipinski definition) is 4. The summed E-state index contributed by atoms with van der Waals surface area (Å²) in [4.78, 5) is 18.6. The zero-order chi connectivity index (χ0) is 22.5. The van der Waals surface area contributed by atoms with Gasteiger partial charge in [0.25, 0.3) is 0 Å². The van der Waals surface area contributed by atoms with E-state index in [-0.39, 0.29) is 11.3 Å². The van der Waals surface area contributed by atoms with Crippen LogP contribution in [-0.2, 0) is 16.1 Å². The van der Waals surface area contributed by atoms with Gasteiger partial charge in [-0.15, -0.1) is 0 Å². The van der Waals surface area contributed by atoms with Gasteiger partial charge >= 0.3 is 0 Å². The first-order valence-electron chi connectivity index (χ1n) is 11.5. The van der Waals surface area contributed by atoms with Crippen LogP contribution < -0.4 is 16.0 Å². The lowest BCUT2D eigenvalue weighted by Crippen LogP contribution is -2.43. The van der Waals surface area contributed by atoms with Gasteiger partial charge in [-0.1, -0.05) is 51.1 Å². The van der Waals surface area contributed by atoms with Crippen LogP contribution >= 0.6 is 0 Å². The maximum absolute atomic E-state index is 11.9. The van der Waals surface area contributed by atoms with E-state index < -0.39 is 0 Å². The van der Waals surface area contributed by atoms with Crippen molar-refractivity contribution in [3.63, 3.8) is 0 Å². The number of carbonyl (C=O) groups excluding carboxylic acids is 1.